The normalized spacial score (nSPS) is 18.8. The summed E-state index contributed by atoms with van der Waals surface area (Å²) in [6, 6.07) is 7.62. The SMILES string of the molecule is COC(=O)C(C(=O)OC)[C@@H](/C=C/c1ccc(Br)cc1)[C@@H]1CCCCC1=O. The van der Waals surface area contributed by atoms with E-state index in [0.717, 1.165) is 22.9 Å². The quantitative estimate of drug-likeness (QED) is 0.514. The van der Waals surface area contributed by atoms with Crippen LogP contribution < -0.4 is 0 Å². The third kappa shape index (κ3) is 5.04. The molecule has 0 spiro atoms. The van der Waals surface area contributed by atoms with E-state index in [0.29, 0.717) is 12.8 Å². The van der Waals surface area contributed by atoms with Crippen LogP contribution in [0.5, 0.6) is 0 Å². The van der Waals surface area contributed by atoms with Gasteiger partial charge in [0.2, 0.25) is 0 Å². The molecule has 1 aromatic carbocycles. The van der Waals surface area contributed by atoms with Crippen molar-refractivity contribution in [3.8, 4) is 0 Å². The van der Waals surface area contributed by atoms with Gasteiger partial charge in [0.25, 0.3) is 0 Å². The molecule has 0 aliphatic heterocycles. The first-order valence-corrected chi connectivity index (χ1v) is 9.39. The smallest absolute Gasteiger partial charge is 0.320 e. The Morgan fingerprint density at radius 3 is 2.27 bits per heavy atom. The number of carbonyl (C=O) groups excluding carboxylic acids is 3. The molecule has 0 heterocycles. The number of carbonyl (C=O) groups is 3. The molecule has 0 amide bonds. The van der Waals surface area contributed by atoms with Crippen molar-refractivity contribution in [1.29, 1.82) is 0 Å². The van der Waals surface area contributed by atoms with Gasteiger partial charge in [-0.2, -0.15) is 0 Å². The number of benzene rings is 1. The Labute approximate surface area is 161 Å². The molecular formula is C20H23BrO5. The summed E-state index contributed by atoms with van der Waals surface area (Å²) in [4.78, 5) is 37.0. The van der Waals surface area contributed by atoms with Gasteiger partial charge in [0.1, 0.15) is 5.78 Å². The van der Waals surface area contributed by atoms with Crippen LogP contribution in [-0.2, 0) is 23.9 Å². The van der Waals surface area contributed by atoms with Crippen LogP contribution in [0, 0.1) is 17.8 Å². The lowest BCUT2D eigenvalue weighted by molar-refractivity contribution is -0.162. The fourth-order valence-corrected chi connectivity index (χ4v) is 3.62. The van der Waals surface area contributed by atoms with Crippen LogP contribution in [-0.4, -0.2) is 31.9 Å². The lowest BCUT2D eigenvalue weighted by Gasteiger charge is -2.30. The molecule has 26 heavy (non-hydrogen) atoms. The fraction of sp³-hybridized carbons (Fsp3) is 0.450. The van der Waals surface area contributed by atoms with Crippen LogP contribution in [0.25, 0.3) is 6.08 Å². The van der Waals surface area contributed by atoms with E-state index in [1.807, 2.05) is 30.3 Å². The third-order valence-electron chi connectivity index (χ3n) is 4.74. The maximum absolute atomic E-state index is 12.5. The number of esters is 2. The first-order chi connectivity index (χ1) is 12.5. The van der Waals surface area contributed by atoms with Crippen molar-refractivity contribution in [3.63, 3.8) is 0 Å². The van der Waals surface area contributed by atoms with Crippen molar-refractivity contribution in [2.75, 3.05) is 14.2 Å². The van der Waals surface area contributed by atoms with E-state index in [9.17, 15) is 14.4 Å². The third-order valence-corrected chi connectivity index (χ3v) is 5.27. The summed E-state index contributed by atoms with van der Waals surface area (Å²) in [6.07, 6.45) is 6.47. The molecule has 6 heteroatoms. The van der Waals surface area contributed by atoms with E-state index in [1.54, 1.807) is 6.08 Å². The minimum Gasteiger partial charge on any atom is -0.468 e. The summed E-state index contributed by atoms with van der Waals surface area (Å²) in [5, 5.41) is 0. The van der Waals surface area contributed by atoms with Gasteiger partial charge in [0, 0.05) is 22.7 Å². The fourth-order valence-electron chi connectivity index (χ4n) is 3.36. The van der Waals surface area contributed by atoms with Gasteiger partial charge in [-0.15, -0.1) is 0 Å². The van der Waals surface area contributed by atoms with E-state index in [1.165, 1.54) is 14.2 Å². The highest BCUT2D eigenvalue weighted by atomic mass is 79.9. The minimum absolute atomic E-state index is 0.0829. The van der Waals surface area contributed by atoms with E-state index in [-0.39, 0.29) is 5.78 Å². The lowest BCUT2D eigenvalue weighted by Crippen LogP contribution is -2.39. The first kappa shape index (κ1) is 20.4. The zero-order chi connectivity index (χ0) is 19.1. The van der Waals surface area contributed by atoms with Gasteiger partial charge in [-0.05, 0) is 30.5 Å². The number of hydrogen-bond acceptors (Lipinski definition) is 5. The molecule has 1 saturated carbocycles. The molecular weight excluding hydrogens is 400 g/mol. The Morgan fingerprint density at radius 1 is 1.12 bits per heavy atom. The molecule has 0 saturated heterocycles. The zero-order valence-electron chi connectivity index (χ0n) is 14.9. The van der Waals surface area contributed by atoms with Gasteiger partial charge in [-0.25, -0.2) is 0 Å². The second kappa shape index (κ2) is 9.67. The van der Waals surface area contributed by atoms with Gasteiger partial charge in [-0.1, -0.05) is 46.6 Å². The van der Waals surface area contributed by atoms with Gasteiger partial charge in [-0.3, -0.25) is 14.4 Å². The zero-order valence-corrected chi connectivity index (χ0v) is 16.5. The maximum Gasteiger partial charge on any atom is 0.320 e. The molecule has 1 aliphatic carbocycles. The number of Topliss-reactive ketones (excluding diaryl/α,β-unsaturated/α-hetero) is 1. The molecule has 1 aliphatic rings. The van der Waals surface area contributed by atoms with Crippen molar-refractivity contribution >= 4 is 39.7 Å². The van der Waals surface area contributed by atoms with E-state index in [4.69, 9.17) is 9.47 Å². The number of ketones is 1. The summed E-state index contributed by atoms with van der Waals surface area (Å²) >= 11 is 3.38. The van der Waals surface area contributed by atoms with Crippen molar-refractivity contribution in [2.45, 2.75) is 25.7 Å². The second-order valence-corrected chi connectivity index (χ2v) is 7.25. The summed E-state index contributed by atoms with van der Waals surface area (Å²) in [5.41, 5.74) is 0.912. The molecule has 2 rings (SSSR count). The average Bonchev–Trinajstić information content (AvgIpc) is 2.66. The molecule has 0 aromatic heterocycles. The minimum atomic E-state index is -1.15. The second-order valence-electron chi connectivity index (χ2n) is 6.33. The van der Waals surface area contributed by atoms with Crippen molar-refractivity contribution < 1.29 is 23.9 Å². The van der Waals surface area contributed by atoms with E-state index >= 15 is 0 Å². The average molecular weight is 423 g/mol. The van der Waals surface area contributed by atoms with Crippen LogP contribution in [0.3, 0.4) is 0 Å². The molecule has 140 valence electrons. The Bertz CT molecular complexity index is 664. The molecule has 5 nitrogen and oxygen atoms in total. The van der Waals surface area contributed by atoms with Gasteiger partial charge in [0.05, 0.1) is 14.2 Å². The first-order valence-electron chi connectivity index (χ1n) is 8.60. The molecule has 0 bridgehead atoms. The summed E-state index contributed by atoms with van der Waals surface area (Å²) in [6.45, 7) is 0. The van der Waals surface area contributed by atoms with E-state index in [2.05, 4.69) is 15.9 Å². The summed E-state index contributed by atoms with van der Waals surface area (Å²) in [5.74, 6) is -3.41. The Morgan fingerprint density at radius 2 is 1.73 bits per heavy atom. The van der Waals surface area contributed by atoms with Crippen LogP contribution >= 0.6 is 15.9 Å². The van der Waals surface area contributed by atoms with E-state index < -0.39 is 29.7 Å². The van der Waals surface area contributed by atoms with Crippen LogP contribution in [0.15, 0.2) is 34.8 Å². The molecule has 1 fully saturated rings. The molecule has 0 unspecified atom stereocenters. The van der Waals surface area contributed by atoms with Crippen LogP contribution in [0.1, 0.15) is 31.2 Å². The standard InChI is InChI=1S/C20H23BrO5/c1-25-19(23)18(20(24)26-2)16(15-5-3-4-6-17(15)22)12-9-13-7-10-14(21)11-8-13/h7-12,15-16,18H,3-6H2,1-2H3/b12-9+/t15-,16-/m0/s1. The van der Waals surface area contributed by atoms with Gasteiger partial charge < -0.3 is 9.47 Å². The number of methoxy groups -OCH3 is 2. The monoisotopic (exact) mass is 422 g/mol. The number of ether oxygens (including phenoxy) is 2. The Hall–Kier alpha value is -1.95. The Balaban J connectivity index is 2.39. The topological polar surface area (TPSA) is 69.7 Å². The van der Waals surface area contributed by atoms with Gasteiger partial charge in [0.15, 0.2) is 5.92 Å². The summed E-state index contributed by atoms with van der Waals surface area (Å²) < 4.78 is 10.6. The highest BCUT2D eigenvalue weighted by Gasteiger charge is 2.42. The number of rotatable bonds is 6. The predicted octanol–water partition coefficient (Wildman–Crippen LogP) is 3.80. The largest absolute Gasteiger partial charge is 0.468 e. The van der Waals surface area contributed by atoms with Crippen LogP contribution in [0.4, 0.5) is 0 Å². The maximum atomic E-state index is 12.5. The molecule has 2 atom stereocenters. The molecule has 0 radical (unpaired) electrons. The predicted molar refractivity (Wildman–Crippen MR) is 101 cm³/mol. The number of halogens is 1. The number of hydrogen-bond donors (Lipinski definition) is 0. The molecule has 0 N–H and O–H groups in total. The molecule has 1 aromatic rings. The van der Waals surface area contributed by atoms with Gasteiger partial charge >= 0.3 is 11.9 Å². The lowest BCUT2D eigenvalue weighted by atomic mass is 9.73. The Kier molecular flexibility index (Phi) is 7.57. The summed E-state index contributed by atoms with van der Waals surface area (Å²) in [7, 11) is 2.47. The van der Waals surface area contributed by atoms with Crippen molar-refractivity contribution in [3.05, 3.63) is 40.4 Å². The van der Waals surface area contributed by atoms with Crippen molar-refractivity contribution in [2.24, 2.45) is 17.8 Å². The van der Waals surface area contributed by atoms with Crippen molar-refractivity contribution in [1.82, 2.24) is 0 Å². The van der Waals surface area contributed by atoms with Crippen LogP contribution in [0.2, 0.25) is 0 Å². The number of allylic oxidation sites excluding steroid dienone is 1. The highest BCUT2D eigenvalue weighted by Crippen LogP contribution is 2.34. The highest BCUT2D eigenvalue weighted by molar-refractivity contribution is 9.10.